The van der Waals surface area contributed by atoms with Gasteiger partial charge < -0.3 is 10.4 Å². The van der Waals surface area contributed by atoms with E-state index in [4.69, 9.17) is 5.11 Å². The number of hydrogen-bond donors (Lipinski definition) is 2. The fourth-order valence-electron chi connectivity index (χ4n) is 1.43. The van der Waals surface area contributed by atoms with E-state index in [9.17, 15) is 14.4 Å². The van der Waals surface area contributed by atoms with Crippen molar-refractivity contribution in [2.24, 2.45) is 5.92 Å². The van der Waals surface area contributed by atoms with Gasteiger partial charge in [-0.2, -0.15) is 0 Å². The zero-order chi connectivity index (χ0) is 13.7. The van der Waals surface area contributed by atoms with Gasteiger partial charge in [-0.25, -0.2) is 0 Å². The van der Waals surface area contributed by atoms with Gasteiger partial charge in [-0.1, -0.05) is 6.92 Å². The molecule has 5 nitrogen and oxygen atoms in total. The summed E-state index contributed by atoms with van der Waals surface area (Å²) >= 11 is 0. The summed E-state index contributed by atoms with van der Waals surface area (Å²) in [6.07, 6.45) is -0.0329. The SMILES string of the molecule is CC(=O)Nc1ccc(C(=O)C[C@@H](C)C(=O)O)cc1. The third-order valence-electron chi connectivity index (χ3n) is 2.44. The van der Waals surface area contributed by atoms with Crippen LogP contribution in [0.3, 0.4) is 0 Å². The average Bonchev–Trinajstić information content (AvgIpc) is 2.28. The Hall–Kier alpha value is -2.17. The molecule has 96 valence electrons. The number of hydrogen-bond acceptors (Lipinski definition) is 3. The number of carboxylic acids is 1. The molecular weight excluding hydrogens is 234 g/mol. The number of rotatable bonds is 5. The summed E-state index contributed by atoms with van der Waals surface area (Å²) in [4.78, 5) is 33.2. The van der Waals surface area contributed by atoms with Crippen molar-refractivity contribution in [3.8, 4) is 0 Å². The largest absolute Gasteiger partial charge is 0.481 e. The molecule has 18 heavy (non-hydrogen) atoms. The van der Waals surface area contributed by atoms with Crippen LogP contribution in [-0.4, -0.2) is 22.8 Å². The predicted octanol–water partition coefficient (Wildman–Crippen LogP) is 1.94. The Bertz CT molecular complexity index is 464. The van der Waals surface area contributed by atoms with E-state index in [1.807, 2.05) is 0 Å². The average molecular weight is 249 g/mol. The third kappa shape index (κ3) is 4.01. The Balaban J connectivity index is 2.70. The van der Waals surface area contributed by atoms with Crippen molar-refractivity contribution in [2.75, 3.05) is 5.32 Å². The number of amides is 1. The highest BCUT2D eigenvalue weighted by atomic mass is 16.4. The molecule has 0 aliphatic carbocycles. The second-order valence-corrected chi connectivity index (χ2v) is 4.13. The van der Waals surface area contributed by atoms with Gasteiger partial charge in [0.05, 0.1) is 5.92 Å². The molecule has 0 radical (unpaired) electrons. The molecule has 1 atom stereocenters. The van der Waals surface area contributed by atoms with Gasteiger partial charge in [-0.05, 0) is 24.3 Å². The number of carbonyl (C=O) groups excluding carboxylic acids is 2. The lowest BCUT2D eigenvalue weighted by Crippen LogP contribution is -2.14. The molecule has 0 spiro atoms. The van der Waals surface area contributed by atoms with Crippen LogP contribution in [0.4, 0.5) is 5.69 Å². The number of anilines is 1. The minimum absolute atomic E-state index is 0.0329. The van der Waals surface area contributed by atoms with Crippen LogP contribution in [0.15, 0.2) is 24.3 Å². The molecule has 1 aromatic rings. The summed E-state index contributed by atoms with van der Waals surface area (Å²) in [5, 5.41) is 11.3. The van der Waals surface area contributed by atoms with Crippen LogP contribution < -0.4 is 5.32 Å². The molecule has 0 saturated heterocycles. The van der Waals surface area contributed by atoms with Gasteiger partial charge in [0.25, 0.3) is 0 Å². The van der Waals surface area contributed by atoms with E-state index in [1.54, 1.807) is 24.3 Å². The van der Waals surface area contributed by atoms with Crippen LogP contribution in [0.2, 0.25) is 0 Å². The maximum Gasteiger partial charge on any atom is 0.306 e. The van der Waals surface area contributed by atoms with Gasteiger partial charge in [0.2, 0.25) is 5.91 Å². The molecule has 0 aliphatic heterocycles. The lowest BCUT2D eigenvalue weighted by molar-refractivity contribution is -0.141. The van der Waals surface area contributed by atoms with Gasteiger partial charge in [-0.3, -0.25) is 14.4 Å². The summed E-state index contributed by atoms with van der Waals surface area (Å²) in [5.74, 6) is -2.10. The molecule has 0 saturated carbocycles. The van der Waals surface area contributed by atoms with Crippen LogP contribution in [-0.2, 0) is 9.59 Å². The minimum Gasteiger partial charge on any atom is -0.481 e. The molecule has 1 rings (SSSR count). The van der Waals surface area contributed by atoms with Crippen molar-refractivity contribution in [2.45, 2.75) is 20.3 Å². The van der Waals surface area contributed by atoms with Crippen LogP contribution in [0, 0.1) is 5.92 Å². The second kappa shape index (κ2) is 5.95. The Morgan fingerprint density at radius 3 is 2.22 bits per heavy atom. The summed E-state index contributed by atoms with van der Waals surface area (Å²) in [7, 11) is 0. The first-order valence-corrected chi connectivity index (χ1v) is 5.54. The number of benzene rings is 1. The van der Waals surface area contributed by atoms with Gasteiger partial charge in [0, 0.05) is 24.6 Å². The molecule has 0 bridgehead atoms. The maximum atomic E-state index is 11.7. The fourth-order valence-corrected chi connectivity index (χ4v) is 1.43. The van der Waals surface area contributed by atoms with E-state index < -0.39 is 11.9 Å². The van der Waals surface area contributed by atoms with Crippen molar-refractivity contribution < 1.29 is 19.5 Å². The molecule has 0 unspecified atom stereocenters. The van der Waals surface area contributed by atoms with Crippen molar-refractivity contribution in [3.05, 3.63) is 29.8 Å². The maximum absolute atomic E-state index is 11.7. The lowest BCUT2D eigenvalue weighted by Gasteiger charge is -2.06. The summed E-state index contributed by atoms with van der Waals surface area (Å²) in [6, 6.07) is 6.37. The lowest BCUT2D eigenvalue weighted by atomic mass is 10.00. The topological polar surface area (TPSA) is 83.5 Å². The van der Waals surface area contributed by atoms with E-state index in [-0.39, 0.29) is 18.1 Å². The molecular formula is C13H15NO4. The van der Waals surface area contributed by atoms with E-state index >= 15 is 0 Å². The zero-order valence-electron chi connectivity index (χ0n) is 10.3. The Labute approximate surface area is 105 Å². The zero-order valence-corrected chi connectivity index (χ0v) is 10.3. The van der Waals surface area contributed by atoms with Crippen molar-refractivity contribution in [1.82, 2.24) is 0 Å². The quantitative estimate of drug-likeness (QED) is 0.781. The third-order valence-corrected chi connectivity index (χ3v) is 2.44. The standard InChI is InChI=1S/C13H15NO4/c1-8(13(17)18)7-12(16)10-3-5-11(6-4-10)14-9(2)15/h3-6,8H,7H2,1-2H3,(H,14,15)(H,17,18)/t8-/m1/s1. The van der Waals surface area contributed by atoms with Crippen molar-refractivity contribution in [1.29, 1.82) is 0 Å². The summed E-state index contributed by atoms with van der Waals surface area (Å²) in [5.41, 5.74) is 1.04. The number of carboxylic acid groups (broad SMARTS) is 1. The second-order valence-electron chi connectivity index (χ2n) is 4.13. The van der Waals surface area contributed by atoms with E-state index in [2.05, 4.69) is 5.32 Å². The number of aliphatic carboxylic acids is 1. The highest BCUT2D eigenvalue weighted by Crippen LogP contribution is 2.14. The van der Waals surface area contributed by atoms with Crippen LogP contribution >= 0.6 is 0 Å². The molecule has 0 aliphatic rings. The van der Waals surface area contributed by atoms with E-state index in [0.29, 0.717) is 11.3 Å². The molecule has 0 aromatic heterocycles. The van der Waals surface area contributed by atoms with Crippen LogP contribution in [0.5, 0.6) is 0 Å². The van der Waals surface area contributed by atoms with E-state index in [1.165, 1.54) is 13.8 Å². The molecule has 2 N–H and O–H groups in total. The van der Waals surface area contributed by atoms with Gasteiger partial charge in [0.15, 0.2) is 5.78 Å². The van der Waals surface area contributed by atoms with Gasteiger partial charge in [0.1, 0.15) is 0 Å². The first-order valence-electron chi connectivity index (χ1n) is 5.54. The van der Waals surface area contributed by atoms with Crippen molar-refractivity contribution >= 4 is 23.3 Å². The Kier molecular flexibility index (Phi) is 4.59. The number of carbonyl (C=O) groups is 3. The number of Topliss-reactive ketones (excluding diaryl/α,β-unsaturated/α-hetero) is 1. The summed E-state index contributed by atoms with van der Waals surface area (Å²) < 4.78 is 0. The van der Waals surface area contributed by atoms with Crippen LogP contribution in [0.25, 0.3) is 0 Å². The molecule has 1 aromatic carbocycles. The number of ketones is 1. The molecule has 0 heterocycles. The predicted molar refractivity (Wildman–Crippen MR) is 66.5 cm³/mol. The highest BCUT2D eigenvalue weighted by molar-refractivity contribution is 5.98. The van der Waals surface area contributed by atoms with Crippen molar-refractivity contribution in [3.63, 3.8) is 0 Å². The van der Waals surface area contributed by atoms with E-state index in [0.717, 1.165) is 0 Å². The highest BCUT2D eigenvalue weighted by Gasteiger charge is 2.16. The van der Waals surface area contributed by atoms with Crippen LogP contribution in [0.1, 0.15) is 30.6 Å². The molecule has 5 heteroatoms. The first kappa shape index (κ1) is 13.9. The molecule has 1 amide bonds. The summed E-state index contributed by atoms with van der Waals surface area (Å²) in [6.45, 7) is 2.89. The Morgan fingerprint density at radius 1 is 1.22 bits per heavy atom. The molecule has 0 fully saturated rings. The monoisotopic (exact) mass is 249 g/mol. The fraction of sp³-hybridized carbons (Fsp3) is 0.308. The number of nitrogens with one attached hydrogen (secondary N) is 1. The van der Waals surface area contributed by atoms with Gasteiger partial charge in [-0.15, -0.1) is 0 Å². The normalized spacial score (nSPS) is 11.7. The minimum atomic E-state index is -0.988. The van der Waals surface area contributed by atoms with Gasteiger partial charge >= 0.3 is 5.97 Å². The smallest absolute Gasteiger partial charge is 0.306 e. The Morgan fingerprint density at radius 2 is 1.78 bits per heavy atom. The first-order chi connectivity index (χ1) is 8.40.